The molecule has 0 aromatic rings. The highest BCUT2D eigenvalue weighted by molar-refractivity contribution is 5.10. The Labute approximate surface area is 125 Å². The van der Waals surface area contributed by atoms with E-state index in [1.54, 1.807) is 0 Å². The first-order chi connectivity index (χ1) is 9.64. The molecule has 0 amide bonds. The minimum absolute atomic E-state index is 0.457. The molecule has 3 fully saturated rings. The Bertz CT molecular complexity index is 356. The third-order valence-electron chi connectivity index (χ3n) is 6.02. The fraction of sp³-hybridized carbons (Fsp3) is 0.889. The van der Waals surface area contributed by atoms with Crippen LogP contribution in [-0.4, -0.2) is 35.6 Å². The van der Waals surface area contributed by atoms with E-state index >= 15 is 0 Å². The van der Waals surface area contributed by atoms with Gasteiger partial charge < -0.3 is 5.32 Å². The second-order valence-corrected chi connectivity index (χ2v) is 7.79. The summed E-state index contributed by atoms with van der Waals surface area (Å²) in [4.78, 5) is 2.86. The minimum Gasteiger partial charge on any atom is -0.308 e. The van der Waals surface area contributed by atoms with Crippen LogP contribution >= 0.6 is 0 Å². The van der Waals surface area contributed by atoms with Crippen LogP contribution in [0.2, 0.25) is 0 Å². The Morgan fingerprint density at radius 1 is 1.00 bits per heavy atom. The molecule has 2 aliphatic carbocycles. The average Bonchev–Trinajstić information content (AvgIpc) is 2.90. The molecular formula is C18H32N2. The number of rotatable bonds is 2. The zero-order chi connectivity index (χ0) is 14.1. The lowest BCUT2D eigenvalue weighted by Crippen LogP contribution is -2.69. The Morgan fingerprint density at radius 3 is 2.30 bits per heavy atom. The van der Waals surface area contributed by atoms with Crippen molar-refractivity contribution in [1.29, 1.82) is 0 Å². The molecular weight excluding hydrogens is 244 g/mol. The highest BCUT2D eigenvalue weighted by Crippen LogP contribution is 2.41. The second kappa shape index (κ2) is 5.81. The van der Waals surface area contributed by atoms with Gasteiger partial charge in [-0.15, -0.1) is 0 Å². The van der Waals surface area contributed by atoms with Crippen molar-refractivity contribution in [2.24, 2.45) is 0 Å². The van der Waals surface area contributed by atoms with Gasteiger partial charge in [-0.2, -0.15) is 0 Å². The summed E-state index contributed by atoms with van der Waals surface area (Å²) in [5.74, 6) is 0. The lowest BCUT2D eigenvalue weighted by atomic mass is 9.76. The molecule has 0 aromatic carbocycles. The van der Waals surface area contributed by atoms with Crippen LogP contribution in [0.3, 0.4) is 0 Å². The van der Waals surface area contributed by atoms with Crippen LogP contribution in [0.25, 0.3) is 0 Å². The molecule has 2 spiro atoms. The van der Waals surface area contributed by atoms with E-state index in [0.717, 1.165) is 0 Å². The normalized spacial score (nSPS) is 28.9. The van der Waals surface area contributed by atoms with Crippen LogP contribution in [0.1, 0.15) is 71.6 Å². The molecule has 0 bridgehead atoms. The number of hydrogen-bond acceptors (Lipinski definition) is 2. The summed E-state index contributed by atoms with van der Waals surface area (Å²) in [6.45, 7) is 8.17. The molecule has 0 aromatic heterocycles. The van der Waals surface area contributed by atoms with Gasteiger partial charge >= 0.3 is 0 Å². The maximum Gasteiger partial charge on any atom is 0.0338 e. The first-order valence-electron chi connectivity index (χ1n) is 8.78. The monoisotopic (exact) mass is 276 g/mol. The number of piperazine rings is 1. The third-order valence-corrected chi connectivity index (χ3v) is 6.02. The molecule has 3 rings (SSSR count). The second-order valence-electron chi connectivity index (χ2n) is 7.79. The Hall–Kier alpha value is -0.340. The van der Waals surface area contributed by atoms with Gasteiger partial charge in [-0.1, -0.05) is 43.8 Å². The van der Waals surface area contributed by atoms with Gasteiger partial charge in [-0.25, -0.2) is 0 Å². The van der Waals surface area contributed by atoms with Crippen molar-refractivity contribution in [2.45, 2.75) is 82.7 Å². The summed E-state index contributed by atoms with van der Waals surface area (Å²) in [5.41, 5.74) is 2.39. The van der Waals surface area contributed by atoms with Crippen LogP contribution in [0, 0.1) is 0 Å². The van der Waals surface area contributed by atoms with Gasteiger partial charge in [0, 0.05) is 30.7 Å². The van der Waals surface area contributed by atoms with E-state index in [1.807, 2.05) is 0 Å². The summed E-state index contributed by atoms with van der Waals surface area (Å²) in [5, 5.41) is 4.01. The fourth-order valence-corrected chi connectivity index (χ4v) is 4.69. The van der Waals surface area contributed by atoms with Gasteiger partial charge in [-0.3, -0.25) is 4.90 Å². The van der Waals surface area contributed by atoms with Gasteiger partial charge in [0.25, 0.3) is 0 Å². The zero-order valence-electron chi connectivity index (χ0n) is 13.5. The smallest absolute Gasteiger partial charge is 0.0338 e. The number of allylic oxidation sites excluding steroid dienone is 1. The maximum absolute atomic E-state index is 4.01. The van der Waals surface area contributed by atoms with Crippen LogP contribution in [0.4, 0.5) is 0 Å². The van der Waals surface area contributed by atoms with Crippen molar-refractivity contribution in [2.75, 3.05) is 19.6 Å². The number of hydrogen-bond donors (Lipinski definition) is 1. The molecule has 2 nitrogen and oxygen atoms in total. The SMILES string of the molecule is CC(C)=CCN1CC2(CCCC2)NCC12CCCCC2. The molecule has 114 valence electrons. The van der Waals surface area contributed by atoms with Crippen molar-refractivity contribution in [3.05, 3.63) is 11.6 Å². The molecule has 1 aliphatic heterocycles. The maximum atomic E-state index is 4.01. The Morgan fingerprint density at radius 2 is 1.65 bits per heavy atom. The first-order valence-corrected chi connectivity index (χ1v) is 8.78. The first kappa shape index (κ1) is 14.6. The predicted molar refractivity (Wildman–Crippen MR) is 86.0 cm³/mol. The molecule has 0 radical (unpaired) electrons. The van der Waals surface area contributed by atoms with Crippen molar-refractivity contribution in [3.63, 3.8) is 0 Å². The van der Waals surface area contributed by atoms with Crippen molar-refractivity contribution in [3.8, 4) is 0 Å². The summed E-state index contributed by atoms with van der Waals surface area (Å²) in [6, 6.07) is 0. The van der Waals surface area contributed by atoms with Crippen LogP contribution < -0.4 is 5.32 Å². The molecule has 1 saturated heterocycles. The molecule has 1 heterocycles. The van der Waals surface area contributed by atoms with Crippen molar-refractivity contribution >= 4 is 0 Å². The van der Waals surface area contributed by atoms with Gasteiger partial charge in [-0.05, 0) is 39.5 Å². The Kier molecular flexibility index (Phi) is 4.24. The van der Waals surface area contributed by atoms with Crippen molar-refractivity contribution in [1.82, 2.24) is 10.2 Å². The van der Waals surface area contributed by atoms with E-state index < -0.39 is 0 Å². The summed E-state index contributed by atoms with van der Waals surface area (Å²) in [6.07, 6.45) is 15.2. The third kappa shape index (κ3) is 2.82. The molecule has 3 aliphatic rings. The van der Waals surface area contributed by atoms with Crippen LogP contribution in [-0.2, 0) is 0 Å². The summed E-state index contributed by atoms with van der Waals surface area (Å²) < 4.78 is 0. The summed E-state index contributed by atoms with van der Waals surface area (Å²) in [7, 11) is 0. The largest absolute Gasteiger partial charge is 0.308 e. The van der Waals surface area contributed by atoms with E-state index in [0.29, 0.717) is 11.1 Å². The molecule has 2 heteroatoms. The van der Waals surface area contributed by atoms with Gasteiger partial charge in [0.05, 0.1) is 0 Å². The average molecular weight is 276 g/mol. The van der Waals surface area contributed by atoms with Gasteiger partial charge in [0.1, 0.15) is 0 Å². The quantitative estimate of drug-likeness (QED) is 0.770. The standard InChI is InChI=1S/C18H32N2/c1-16(2)8-13-20-15-17(9-6-7-10-17)19-14-18(20)11-4-3-5-12-18/h8,19H,3-7,9-15H2,1-2H3. The topological polar surface area (TPSA) is 15.3 Å². The number of nitrogens with one attached hydrogen (secondary N) is 1. The van der Waals surface area contributed by atoms with E-state index in [-0.39, 0.29) is 0 Å². The lowest BCUT2D eigenvalue weighted by Gasteiger charge is -2.55. The fourth-order valence-electron chi connectivity index (χ4n) is 4.69. The molecule has 0 unspecified atom stereocenters. The molecule has 20 heavy (non-hydrogen) atoms. The predicted octanol–water partition coefficient (Wildman–Crippen LogP) is 3.87. The number of nitrogens with zero attached hydrogens (tertiary/aromatic N) is 1. The van der Waals surface area contributed by atoms with Crippen LogP contribution in [0.5, 0.6) is 0 Å². The van der Waals surface area contributed by atoms with E-state index in [9.17, 15) is 0 Å². The van der Waals surface area contributed by atoms with Crippen LogP contribution in [0.15, 0.2) is 11.6 Å². The van der Waals surface area contributed by atoms with E-state index in [1.165, 1.54) is 83.0 Å². The molecule has 1 N–H and O–H groups in total. The van der Waals surface area contributed by atoms with Gasteiger partial charge in [0.2, 0.25) is 0 Å². The Balaban J connectivity index is 1.77. The molecule has 0 atom stereocenters. The van der Waals surface area contributed by atoms with Gasteiger partial charge in [0.15, 0.2) is 0 Å². The minimum atomic E-state index is 0.457. The van der Waals surface area contributed by atoms with E-state index in [4.69, 9.17) is 0 Å². The highest BCUT2D eigenvalue weighted by Gasteiger charge is 2.48. The van der Waals surface area contributed by atoms with Crippen molar-refractivity contribution < 1.29 is 0 Å². The summed E-state index contributed by atoms with van der Waals surface area (Å²) >= 11 is 0. The lowest BCUT2D eigenvalue weighted by molar-refractivity contribution is -0.00947. The van der Waals surface area contributed by atoms with E-state index in [2.05, 4.69) is 30.1 Å². The highest BCUT2D eigenvalue weighted by atomic mass is 15.3. The zero-order valence-corrected chi connectivity index (χ0v) is 13.5. The molecule has 2 saturated carbocycles.